The van der Waals surface area contributed by atoms with Crippen molar-refractivity contribution in [1.82, 2.24) is 10.2 Å². The number of carbonyl (C=O) groups is 1. The summed E-state index contributed by atoms with van der Waals surface area (Å²) < 4.78 is 0. The zero-order valence-electron chi connectivity index (χ0n) is 11.5. The fraction of sp³-hybridized carbons (Fsp3) is 0.533. The molecule has 1 fully saturated rings. The van der Waals surface area contributed by atoms with Crippen molar-refractivity contribution in [2.24, 2.45) is 0 Å². The van der Waals surface area contributed by atoms with Crippen molar-refractivity contribution < 1.29 is 9.90 Å². The van der Waals surface area contributed by atoms with E-state index in [1.54, 1.807) is 0 Å². The lowest BCUT2D eigenvalue weighted by Crippen LogP contribution is -2.55. The topological polar surface area (TPSA) is 52.6 Å². The van der Waals surface area contributed by atoms with E-state index in [-0.39, 0.29) is 0 Å². The average Bonchev–Trinajstić information content (AvgIpc) is 2.40. The quantitative estimate of drug-likeness (QED) is 0.864. The number of hydrogen-bond acceptors (Lipinski definition) is 3. The van der Waals surface area contributed by atoms with Crippen LogP contribution in [-0.2, 0) is 4.79 Å². The molecule has 1 heterocycles. The molecule has 0 amide bonds. The highest BCUT2D eigenvalue weighted by molar-refractivity contribution is 5.76. The van der Waals surface area contributed by atoms with Gasteiger partial charge in [-0.15, -0.1) is 0 Å². The van der Waals surface area contributed by atoms with Gasteiger partial charge in [-0.2, -0.15) is 0 Å². The highest BCUT2D eigenvalue weighted by Crippen LogP contribution is 2.20. The fourth-order valence-corrected chi connectivity index (χ4v) is 2.60. The number of rotatable bonds is 4. The van der Waals surface area contributed by atoms with Crippen LogP contribution in [0.3, 0.4) is 0 Å². The summed E-state index contributed by atoms with van der Waals surface area (Å²) in [5, 5.41) is 12.9. The lowest BCUT2D eigenvalue weighted by Gasteiger charge is -2.38. The first kappa shape index (κ1) is 14.0. The molecule has 0 saturated carbocycles. The minimum absolute atomic E-state index is 0.377. The third kappa shape index (κ3) is 3.55. The third-order valence-electron chi connectivity index (χ3n) is 3.81. The number of benzene rings is 1. The Morgan fingerprint density at radius 3 is 2.74 bits per heavy atom. The van der Waals surface area contributed by atoms with Gasteiger partial charge in [-0.3, -0.25) is 9.69 Å². The number of nitrogens with zero attached hydrogens (tertiary/aromatic N) is 1. The molecule has 3 unspecified atom stereocenters. The van der Waals surface area contributed by atoms with Crippen molar-refractivity contribution in [3.8, 4) is 0 Å². The smallest absolute Gasteiger partial charge is 0.312 e. The lowest BCUT2D eigenvalue weighted by atomic mass is 9.97. The number of carboxylic acids is 1. The molecule has 2 rings (SSSR count). The Labute approximate surface area is 114 Å². The van der Waals surface area contributed by atoms with Crippen LogP contribution in [0.4, 0.5) is 0 Å². The zero-order chi connectivity index (χ0) is 13.8. The molecule has 1 aromatic carbocycles. The van der Waals surface area contributed by atoms with Gasteiger partial charge in [0.05, 0.1) is 5.92 Å². The van der Waals surface area contributed by atoms with Crippen LogP contribution in [0.25, 0.3) is 0 Å². The van der Waals surface area contributed by atoms with Crippen LogP contribution in [0.15, 0.2) is 30.3 Å². The normalized spacial score (nSPS) is 26.0. The minimum Gasteiger partial charge on any atom is -0.481 e. The molecule has 2 N–H and O–H groups in total. The second kappa shape index (κ2) is 6.17. The number of carboxylic acid groups (broad SMARTS) is 1. The Morgan fingerprint density at radius 2 is 2.11 bits per heavy atom. The molecule has 0 aliphatic carbocycles. The van der Waals surface area contributed by atoms with Gasteiger partial charge in [0, 0.05) is 31.7 Å². The number of nitrogens with one attached hydrogen (secondary N) is 1. The van der Waals surface area contributed by atoms with Crippen molar-refractivity contribution in [3.63, 3.8) is 0 Å². The second-order valence-electron chi connectivity index (χ2n) is 5.41. The van der Waals surface area contributed by atoms with E-state index in [0.29, 0.717) is 18.6 Å². The molecule has 0 aromatic heterocycles. The first-order valence-corrected chi connectivity index (χ1v) is 6.83. The molecule has 1 aromatic rings. The number of aliphatic carboxylic acids is 1. The van der Waals surface area contributed by atoms with Gasteiger partial charge < -0.3 is 10.4 Å². The maximum absolute atomic E-state index is 11.5. The molecule has 0 radical (unpaired) electrons. The van der Waals surface area contributed by atoms with Crippen LogP contribution in [-0.4, -0.2) is 47.7 Å². The SMILES string of the molecule is CC1CN(CC(C(=O)O)c2ccccc2)C(C)CN1. The molecule has 0 spiro atoms. The van der Waals surface area contributed by atoms with Gasteiger partial charge in [0.2, 0.25) is 0 Å². The molecule has 19 heavy (non-hydrogen) atoms. The minimum atomic E-state index is -0.746. The maximum atomic E-state index is 11.5. The first-order valence-electron chi connectivity index (χ1n) is 6.83. The second-order valence-corrected chi connectivity index (χ2v) is 5.41. The Kier molecular flexibility index (Phi) is 4.56. The molecule has 1 saturated heterocycles. The molecule has 3 atom stereocenters. The zero-order valence-corrected chi connectivity index (χ0v) is 11.5. The number of hydrogen-bond donors (Lipinski definition) is 2. The van der Waals surface area contributed by atoms with Crippen LogP contribution < -0.4 is 5.32 Å². The molecule has 1 aliphatic rings. The predicted molar refractivity (Wildman–Crippen MR) is 75.3 cm³/mol. The van der Waals surface area contributed by atoms with Gasteiger partial charge in [0.25, 0.3) is 0 Å². The van der Waals surface area contributed by atoms with Crippen molar-refractivity contribution in [3.05, 3.63) is 35.9 Å². The largest absolute Gasteiger partial charge is 0.481 e. The summed E-state index contributed by atoms with van der Waals surface area (Å²) in [4.78, 5) is 13.8. The summed E-state index contributed by atoms with van der Waals surface area (Å²) in [6, 6.07) is 10.3. The van der Waals surface area contributed by atoms with Crippen molar-refractivity contribution in [2.45, 2.75) is 31.8 Å². The molecule has 4 nitrogen and oxygen atoms in total. The predicted octanol–water partition coefficient (Wildman–Crippen LogP) is 1.54. The highest BCUT2D eigenvalue weighted by Gasteiger charge is 2.28. The van der Waals surface area contributed by atoms with Crippen LogP contribution in [0, 0.1) is 0 Å². The van der Waals surface area contributed by atoms with Crippen LogP contribution in [0.5, 0.6) is 0 Å². The monoisotopic (exact) mass is 262 g/mol. The molecule has 104 valence electrons. The molecule has 0 bridgehead atoms. The summed E-state index contributed by atoms with van der Waals surface area (Å²) in [6.07, 6.45) is 0. The van der Waals surface area contributed by atoms with Gasteiger partial charge in [-0.1, -0.05) is 30.3 Å². The standard InChI is InChI=1S/C15H22N2O2/c1-11-9-17(12(2)8-16-11)10-14(15(18)19)13-6-4-3-5-7-13/h3-7,11-12,14,16H,8-10H2,1-2H3,(H,18,19). The van der Waals surface area contributed by atoms with E-state index >= 15 is 0 Å². The van der Waals surface area contributed by atoms with Crippen molar-refractivity contribution >= 4 is 5.97 Å². The number of piperazine rings is 1. The van der Waals surface area contributed by atoms with E-state index in [0.717, 1.165) is 18.7 Å². The molecule has 1 aliphatic heterocycles. The van der Waals surface area contributed by atoms with E-state index in [9.17, 15) is 9.90 Å². The van der Waals surface area contributed by atoms with Gasteiger partial charge in [-0.25, -0.2) is 0 Å². The highest BCUT2D eigenvalue weighted by atomic mass is 16.4. The summed E-state index contributed by atoms with van der Waals surface area (Å²) in [7, 11) is 0. The van der Waals surface area contributed by atoms with E-state index in [1.165, 1.54) is 0 Å². The van der Waals surface area contributed by atoms with Crippen LogP contribution in [0.1, 0.15) is 25.3 Å². The van der Waals surface area contributed by atoms with E-state index in [2.05, 4.69) is 24.1 Å². The van der Waals surface area contributed by atoms with Crippen LogP contribution >= 0.6 is 0 Å². The van der Waals surface area contributed by atoms with Gasteiger partial charge in [0.1, 0.15) is 0 Å². The summed E-state index contributed by atoms with van der Waals surface area (Å²) in [6.45, 7) is 6.67. The van der Waals surface area contributed by atoms with Crippen molar-refractivity contribution in [1.29, 1.82) is 0 Å². The van der Waals surface area contributed by atoms with E-state index in [4.69, 9.17) is 0 Å². The molecule has 4 heteroatoms. The van der Waals surface area contributed by atoms with Gasteiger partial charge >= 0.3 is 5.97 Å². The Balaban J connectivity index is 2.11. The first-order chi connectivity index (χ1) is 9.08. The summed E-state index contributed by atoms with van der Waals surface area (Å²) in [5.74, 6) is -1.20. The van der Waals surface area contributed by atoms with Gasteiger partial charge in [0.15, 0.2) is 0 Å². The van der Waals surface area contributed by atoms with E-state index in [1.807, 2.05) is 30.3 Å². The third-order valence-corrected chi connectivity index (χ3v) is 3.81. The Bertz CT molecular complexity index is 421. The summed E-state index contributed by atoms with van der Waals surface area (Å²) in [5.41, 5.74) is 0.883. The van der Waals surface area contributed by atoms with Crippen LogP contribution in [0.2, 0.25) is 0 Å². The molecular weight excluding hydrogens is 240 g/mol. The lowest BCUT2D eigenvalue weighted by molar-refractivity contribution is -0.139. The Morgan fingerprint density at radius 1 is 1.42 bits per heavy atom. The Hall–Kier alpha value is -1.39. The fourth-order valence-electron chi connectivity index (χ4n) is 2.60. The van der Waals surface area contributed by atoms with Gasteiger partial charge in [-0.05, 0) is 19.4 Å². The average molecular weight is 262 g/mol. The van der Waals surface area contributed by atoms with Crippen molar-refractivity contribution in [2.75, 3.05) is 19.6 Å². The summed E-state index contributed by atoms with van der Waals surface area (Å²) >= 11 is 0. The maximum Gasteiger partial charge on any atom is 0.312 e. The molecular formula is C15H22N2O2. The van der Waals surface area contributed by atoms with E-state index < -0.39 is 11.9 Å².